The standard InChI is InChI=1S/C19H22N4O/c1-21(2)14-9-15-22-18(16-10-5-3-6-11-16)20-23(19(22)24)17-12-7-4-8-13-17/h3-8,10-13H,9,14-15H2,1-2H3. The summed E-state index contributed by atoms with van der Waals surface area (Å²) in [5.41, 5.74) is 1.64. The van der Waals surface area contributed by atoms with E-state index >= 15 is 0 Å². The number of aromatic nitrogens is 3. The smallest absolute Gasteiger partial charge is 0.309 e. The number of nitrogens with zero attached hydrogens (tertiary/aromatic N) is 4. The van der Waals surface area contributed by atoms with Crippen molar-refractivity contribution in [2.24, 2.45) is 0 Å². The van der Waals surface area contributed by atoms with Crippen LogP contribution in [-0.4, -0.2) is 39.9 Å². The first-order valence-corrected chi connectivity index (χ1v) is 8.12. The lowest BCUT2D eigenvalue weighted by Crippen LogP contribution is -2.25. The van der Waals surface area contributed by atoms with E-state index in [1.165, 1.54) is 4.68 Å². The van der Waals surface area contributed by atoms with Gasteiger partial charge in [-0.15, -0.1) is 5.10 Å². The van der Waals surface area contributed by atoms with Crippen LogP contribution in [-0.2, 0) is 6.54 Å². The van der Waals surface area contributed by atoms with Crippen LogP contribution in [0.2, 0.25) is 0 Å². The van der Waals surface area contributed by atoms with Crippen molar-refractivity contribution in [2.75, 3.05) is 20.6 Å². The molecule has 0 aliphatic carbocycles. The molecular formula is C19H22N4O. The van der Waals surface area contributed by atoms with Crippen molar-refractivity contribution < 1.29 is 0 Å². The summed E-state index contributed by atoms with van der Waals surface area (Å²) in [4.78, 5) is 15.0. The highest BCUT2D eigenvalue weighted by atomic mass is 16.2. The van der Waals surface area contributed by atoms with Gasteiger partial charge >= 0.3 is 5.69 Å². The minimum absolute atomic E-state index is 0.0983. The second kappa shape index (κ2) is 7.27. The van der Waals surface area contributed by atoms with Crippen LogP contribution in [0.25, 0.3) is 17.1 Å². The molecule has 1 aromatic heterocycles. The van der Waals surface area contributed by atoms with Gasteiger partial charge < -0.3 is 4.90 Å². The third-order valence-corrected chi connectivity index (χ3v) is 3.88. The van der Waals surface area contributed by atoms with Crippen molar-refractivity contribution in [3.8, 4) is 17.1 Å². The van der Waals surface area contributed by atoms with Crippen molar-refractivity contribution in [3.05, 3.63) is 71.1 Å². The fraction of sp³-hybridized carbons (Fsp3) is 0.263. The van der Waals surface area contributed by atoms with Gasteiger partial charge in [0.2, 0.25) is 0 Å². The average molecular weight is 322 g/mol. The van der Waals surface area contributed by atoms with Crippen molar-refractivity contribution in [3.63, 3.8) is 0 Å². The second-order valence-electron chi connectivity index (χ2n) is 6.03. The van der Waals surface area contributed by atoms with E-state index in [0.29, 0.717) is 12.4 Å². The topological polar surface area (TPSA) is 43.1 Å². The molecule has 124 valence electrons. The highest BCUT2D eigenvalue weighted by Crippen LogP contribution is 2.16. The molecular weight excluding hydrogens is 300 g/mol. The summed E-state index contributed by atoms with van der Waals surface area (Å²) in [5, 5.41) is 4.60. The Labute approximate surface area is 141 Å². The maximum atomic E-state index is 12.9. The normalized spacial score (nSPS) is 11.1. The fourth-order valence-corrected chi connectivity index (χ4v) is 2.68. The Morgan fingerprint density at radius 3 is 2.21 bits per heavy atom. The van der Waals surface area contributed by atoms with E-state index < -0.39 is 0 Å². The van der Waals surface area contributed by atoms with Gasteiger partial charge in [0.05, 0.1) is 5.69 Å². The Bertz CT molecular complexity index is 835. The first kappa shape index (κ1) is 16.2. The summed E-state index contributed by atoms with van der Waals surface area (Å²) < 4.78 is 3.25. The first-order valence-electron chi connectivity index (χ1n) is 8.12. The van der Waals surface area contributed by atoms with Gasteiger partial charge in [0.15, 0.2) is 5.82 Å². The monoisotopic (exact) mass is 322 g/mol. The SMILES string of the molecule is CN(C)CCCn1c(-c2ccccc2)nn(-c2ccccc2)c1=O. The molecule has 0 atom stereocenters. The van der Waals surface area contributed by atoms with Crippen LogP contribution in [0.1, 0.15) is 6.42 Å². The van der Waals surface area contributed by atoms with Crippen LogP contribution in [0.15, 0.2) is 65.5 Å². The number of para-hydroxylation sites is 1. The van der Waals surface area contributed by atoms with Crippen LogP contribution in [0, 0.1) is 0 Å². The molecule has 0 fully saturated rings. The molecule has 0 aliphatic rings. The Morgan fingerprint density at radius 2 is 1.58 bits per heavy atom. The molecule has 0 N–H and O–H groups in total. The molecule has 3 aromatic rings. The van der Waals surface area contributed by atoms with Gasteiger partial charge in [-0.25, -0.2) is 4.79 Å². The van der Waals surface area contributed by atoms with Gasteiger partial charge in [0.1, 0.15) is 0 Å². The third kappa shape index (κ3) is 3.46. The summed E-state index contributed by atoms with van der Waals surface area (Å²) >= 11 is 0. The molecule has 24 heavy (non-hydrogen) atoms. The molecule has 0 amide bonds. The Hall–Kier alpha value is -2.66. The molecule has 0 aliphatic heterocycles. The number of hydrogen-bond acceptors (Lipinski definition) is 3. The molecule has 3 rings (SSSR count). The number of hydrogen-bond donors (Lipinski definition) is 0. The first-order chi connectivity index (χ1) is 11.7. The number of benzene rings is 2. The van der Waals surface area contributed by atoms with E-state index in [4.69, 9.17) is 0 Å². The molecule has 2 aromatic carbocycles. The quantitative estimate of drug-likeness (QED) is 0.701. The van der Waals surface area contributed by atoms with E-state index in [1.54, 1.807) is 4.57 Å². The van der Waals surface area contributed by atoms with Crippen molar-refractivity contribution in [1.82, 2.24) is 19.2 Å². The van der Waals surface area contributed by atoms with Gasteiger partial charge in [0, 0.05) is 12.1 Å². The zero-order valence-electron chi connectivity index (χ0n) is 14.1. The highest BCUT2D eigenvalue weighted by Gasteiger charge is 2.15. The van der Waals surface area contributed by atoms with Gasteiger partial charge in [0.25, 0.3) is 0 Å². The Balaban J connectivity index is 2.04. The summed E-state index contributed by atoms with van der Waals surface area (Å²) in [6.45, 7) is 1.57. The third-order valence-electron chi connectivity index (χ3n) is 3.88. The maximum Gasteiger partial charge on any atom is 0.351 e. The summed E-state index contributed by atoms with van der Waals surface area (Å²) in [6.07, 6.45) is 0.896. The summed E-state index contributed by atoms with van der Waals surface area (Å²) in [6, 6.07) is 19.4. The van der Waals surface area contributed by atoms with Gasteiger partial charge in [-0.2, -0.15) is 4.68 Å². The largest absolute Gasteiger partial charge is 0.351 e. The average Bonchev–Trinajstić information content (AvgIpc) is 2.93. The molecule has 0 saturated carbocycles. The zero-order valence-corrected chi connectivity index (χ0v) is 14.1. The molecule has 5 heteroatoms. The van der Waals surface area contributed by atoms with Crippen LogP contribution in [0.5, 0.6) is 0 Å². The molecule has 0 unspecified atom stereocenters. The molecule has 0 bridgehead atoms. The van der Waals surface area contributed by atoms with Gasteiger partial charge in [-0.3, -0.25) is 4.57 Å². The summed E-state index contributed by atoms with van der Waals surface area (Å²) in [5.74, 6) is 0.711. The van der Waals surface area contributed by atoms with Crippen LogP contribution in [0.3, 0.4) is 0 Å². The van der Waals surface area contributed by atoms with Crippen molar-refractivity contribution in [2.45, 2.75) is 13.0 Å². The van der Waals surface area contributed by atoms with Crippen LogP contribution < -0.4 is 5.69 Å². The van der Waals surface area contributed by atoms with E-state index in [1.807, 2.05) is 74.8 Å². The molecule has 1 heterocycles. The molecule has 0 saturated heterocycles. The van der Waals surface area contributed by atoms with Crippen LogP contribution in [0.4, 0.5) is 0 Å². The van der Waals surface area contributed by atoms with Crippen molar-refractivity contribution in [1.29, 1.82) is 0 Å². The molecule has 0 radical (unpaired) electrons. The lowest BCUT2D eigenvalue weighted by atomic mass is 10.2. The fourth-order valence-electron chi connectivity index (χ4n) is 2.68. The van der Waals surface area contributed by atoms with E-state index in [2.05, 4.69) is 10.00 Å². The van der Waals surface area contributed by atoms with E-state index in [0.717, 1.165) is 24.2 Å². The molecule has 0 spiro atoms. The van der Waals surface area contributed by atoms with Gasteiger partial charge in [-0.05, 0) is 39.2 Å². The number of rotatable bonds is 6. The summed E-state index contributed by atoms with van der Waals surface area (Å²) in [7, 11) is 4.07. The lowest BCUT2D eigenvalue weighted by molar-refractivity contribution is 0.385. The molecule has 5 nitrogen and oxygen atoms in total. The lowest BCUT2D eigenvalue weighted by Gasteiger charge is -2.10. The van der Waals surface area contributed by atoms with Crippen molar-refractivity contribution >= 4 is 0 Å². The maximum absolute atomic E-state index is 12.9. The van der Waals surface area contributed by atoms with E-state index in [9.17, 15) is 4.79 Å². The predicted octanol–water partition coefficient (Wildman–Crippen LogP) is 2.65. The second-order valence-corrected chi connectivity index (χ2v) is 6.03. The highest BCUT2D eigenvalue weighted by molar-refractivity contribution is 5.55. The predicted molar refractivity (Wildman–Crippen MR) is 96.4 cm³/mol. The van der Waals surface area contributed by atoms with Crippen LogP contribution >= 0.6 is 0 Å². The minimum Gasteiger partial charge on any atom is -0.309 e. The Kier molecular flexibility index (Phi) is 4.91. The Morgan fingerprint density at radius 1 is 0.958 bits per heavy atom. The van der Waals surface area contributed by atoms with E-state index in [-0.39, 0.29) is 5.69 Å². The van der Waals surface area contributed by atoms with Gasteiger partial charge in [-0.1, -0.05) is 48.5 Å². The minimum atomic E-state index is -0.0983. The zero-order chi connectivity index (χ0) is 16.9.